The molecule has 1 amide bonds. The van der Waals surface area contributed by atoms with Gasteiger partial charge in [0.05, 0.1) is 7.11 Å². The predicted molar refractivity (Wildman–Crippen MR) is 90.9 cm³/mol. The molecule has 0 heterocycles. The standard InChI is InChI=1S/C18H19NO2S/c1-19(14-15-7-6-8-16(13-15)21-2)18(20)11-12-22-17-9-4-3-5-10-17/h3-13H,14H2,1-2H3/b12-11-. The van der Waals surface area contributed by atoms with Crippen molar-refractivity contribution in [1.82, 2.24) is 4.90 Å². The second-order valence-corrected chi connectivity index (χ2v) is 5.76. The summed E-state index contributed by atoms with van der Waals surface area (Å²) in [5.41, 5.74) is 1.04. The number of likely N-dealkylation sites (N-methyl/N-ethyl adjacent to an activating group) is 1. The van der Waals surface area contributed by atoms with Gasteiger partial charge >= 0.3 is 0 Å². The molecule has 2 rings (SSSR count). The van der Waals surface area contributed by atoms with Gasteiger partial charge in [-0.05, 0) is 35.2 Å². The fourth-order valence-electron chi connectivity index (χ4n) is 1.92. The van der Waals surface area contributed by atoms with E-state index in [9.17, 15) is 4.79 Å². The number of methoxy groups -OCH3 is 1. The number of benzene rings is 2. The number of amides is 1. The Hall–Kier alpha value is -2.20. The van der Waals surface area contributed by atoms with Crippen LogP contribution in [0.2, 0.25) is 0 Å². The van der Waals surface area contributed by atoms with Crippen LogP contribution in [0.4, 0.5) is 0 Å². The summed E-state index contributed by atoms with van der Waals surface area (Å²) in [4.78, 5) is 14.9. The largest absolute Gasteiger partial charge is 0.497 e. The van der Waals surface area contributed by atoms with Crippen molar-refractivity contribution >= 4 is 17.7 Å². The monoisotopic (exact) mass is 313 g/mol. The Bertz CT molecular complexity index is 641. The number of hydrogen-bond donors (Lipinski definition) is 0. The molecule has 0 saturated heterocycles. The molecule has 0 saturated carbocycles. The van der Waals surface area contributed by atoms with Crippen molar-refractivity contribution in [3.63, 3.8) is 0 Å². The predicted octanol–water partition coefficient (Wildman–Crippen LogP) is 3.96. The highest BCUT2D eigenvalue weighted by molar-refractivity contribution is 8.02. The van der Waals surface area contributed by atoms with Crippen molar-refractivity contribution in [2.24, 2.45) is 0 Å². The van der Waals surface area contributed by atoms with Gasteiger partial charge in [0.15, 0.2) is 0 Å². The van der Waals surface area contributed by atoms with E-state index >= 15 is 0 Å². The van der Waals surface area contributed by atoms with Gasteiger partial charge in [0.1, 0.15) is 5.75 Å². The summed E-state index contributed by atoms with van der Waals surface area (Å²) in [7, 11) is 3.43. The lowest BCUT2D eigenvalue weighted by atomic mass is 10.2. The van der Waals surface area contributed by atoms with E-state index in [0.717, 1.165) is 16.2 Å². The lowest BCUT2D eigenvalue weighted by Crippen LogP contribution is -2.24. The van der Waals surface area contributed by atoms with Gasteiger partial charge in [-0.2, -0.15) is 0 Å². The molecule has 2 aromatic carbocycles. The van der Waals surface area contributed by atoms with Gasteiger partial charge in [0.25, 0.3) is 0 Å². The molecular formula is C18H19NO2S. The summed E-state index contributed by atoms with van der Waals surface area (Å²) in [5, 5.41) is 1.82. The number of thioether (sulfide) groups is 1. The average molecular weight is 313 g/mol. The first kappa shape index (κ1) is 16.2. The van der Waals surface area contributed by atoms with E-state index in [4.69, 9.17) is 4.74 Å². The number of carbonyl (C=O) groups excluding carboxylic acids is 1. The van der Waals surface area contributed by atoms with Crippen molar-refractivity contribution in [2.75, 3.05) is 14.2 Å². The normalized spacial score (nSPS) is 10.6. The molecule has 22 heavy (non-hydrogen) atoms. The van der Waals surface area contributed by atoms with Crippen LogP contribution in [0.15, 0.2) is 71.0 Å². The summed E-state index contributed by atoms with van der Waals surface area (Å²) in [6.45, 7) is 0.552. The molecule has 0 aromatic heterocycles. The average Bonchev–Trinajstić information content (AvgIpc) is 2.56. The van der Waals surface area contributed by atoms with Gasteiger partial charge in [-0.1, -0.05) is 42.1 Å². The van der Waals surface area contributed by atoms with E-state index in [0.29, 0.717) is 6.54 Å². The minimum absolute atomic E-state index is 0.0220. The van der Waals surface area contributed by atoms with Crippen LogP contribution < -0.4 is 4.74 Å². The summed E-state index contributed by atoms with van der Waals surface area (Å²) >= 11 is 1.53. The summed E-state index contributed by atoms with van der Waals surface area (Å²) in [5.74, 6) is 0.778. The third kappa shape index (κ3) is 4.97. The maximum absolute atomic E-state index is 12.1. The van der Waals surface area contributed by atoms with Crippen LogP contribution in [0.1, 0.15) is 5.56 Å². The second kappa shape index (κ2) is 8.29. The van der Waals surface area contributed by atoms with Crippen LogP contribution in [0.3, 0.4) is 0 Å². The fourth-order valence-corrected chi connectivity index (χ4v) is 2.58. The first-order valence-electron chi connectivity index (χ1n) is 6.95. The SMILES string of the molecule is COc1cccc(CN(C)C(=O)/C=C\Sc2ccccc2)c1. The molecular weight excluding hydrogens is 294 g/mol. The smallest absolute Gasteiger partial charge is 0.247 e. The number of carbonyl (C=O) groups is 1. The van der Waals surface area contributed by atoms with Crippen molar-refractivity contribution in [1.29, 1.82) is 0 Å². The van der Waals surface area contributed by atoms with Crippen LogP contribution in [0.5, 0.6) is 5.75 Å². The van der Waals surface area contributed by atoms with E-state index < -0.39 is 0 Å². The molecule has 0 aliphatic heterocycles. The van der Waals surface area contributed by atoms with E-state index in [1.54, 1.807) is 25.1 Å². The van der Waals surface area contributed by atoms with Gasteiger partial charge < -0.3 is 9.64 Å². The minimum atomic E-state index is -0.0220. The lowest BCUT2D eigenvalue weighted by Gasteiger charge is -2.15. The van der Waals surface area contributed by atoms with Crippen molar-refractivity contribution in [2.45, 2.75) is 11.4 Å². The zero-order chi connectivity index (χ0) is 15.8. The summed E-state index contributed by atoms with van der Waals surface area (Å²) < 4.78 is 5.19. The van der Waals surface area contributed by atoms with Crippen LogP contribution >= 0.6 is 11.8 Å². The topological polar surface area (TPSA) is 29.5 Å². The highest BCUT2D eigenvalue weighted by Gasteiger charge is 2.06. The highest BCUT2D eigenvalue weighted by atomic mass is 32.2. The maximum atomic E-state index is 12.1. The first-order valence-corrected chi connectivity index (χ1v) is 7.83. The van der Waals surface area contributed by atoms with Crippen molar-refractivity contribution < 1.29 is 9.53 Å². The molecule has 0 spiro atoms. The Morgan fingerprint density at radius 1 is 1.18 bits per heavy atom. The molecule has 2 aromatic rings. The second-order valence-electron chi connectivity index (χ2n) is 4.78. The zero-order valence-corrected chi connectivity index (χ0v) is 13.5. The third-order valence-electron chi connectivity index (χ3n) is 3.09. The first-order chi connectivity index (χ1) is 10.7. The van der Waals surface area contributed by atoms with Crippen molar-refractivity contribution in [3.8, 4) is 5.75 Å². The van der Waals surface area contributed by atoms with Crippen LogP contribution in [0, 0.1) is 0 Å². The fraction of sp³-hybridized carbons (Fsp3) is 0.167. The van der Waals surface area contributed by atoms with Crippen LogP contribution in [0.25, 0.3) is 0 Å². The Labute approximate surface area is 135 Å². The van der Waals surface area contributed by atoms with Gasteiger partial charge in [0, 0.05) is 24.6 Å². The number of ether oxygens (including phenoxy) is 1. The van der Waals surface area contributed by atoms with E-state index in [1.165, 1.54) is 11.8 Å². The molecule has 0 atom stereocenters. The van der Waals surface area contributed by atoms with Gasteiger partial charge in [-0.15, -0.1) is 0 Å². The molecule has 0 bridgehead atoms. The number of nitrogens with zero attached hydrogens (tertiary/aromatic N) is 1. The Balaban J connectivity index is 1.88. The molecule has 114 valence electrons. The minimum Gasteiger partial charge on any atom is -0.497 e. The summed E-state index contributed by atoms with van der Waals surface area (Å²) in [6.07, 6.45) is 1.60. The molecule has 0 N–H and O–H groups in total. The highest BCUT2D eigenvalue weighted by Crippen LogP contribution is 2.18. The summed E-state index contributed by atoms with van der Waals surface area (Å²) in [6, 6.07) is 17.7. The molecule has 0 unspecified atom stereocenters. The van der Waals surface area contributed by atoms with Crippen molar-refractivity contribution in [3.05, 3.63) is 71.6 Å². The number of rotatable bonds is 6. The molecule has 0 aliphatic rings. The Morgan fingerprint density at radius 3 is 2.68 bits per heavy atom. The molecule has 0 aliphatic carbocycles. The van der Waals surface area contributed by atoms with Crippen LogP contribution in [-0.4, -0.2) is 25.0 Å². The Morgan fingerprint density at radius 2 is 1.95 bits per heavy atom. The molecule has 0 fully saturated rings. The van der Waals surface area contributed by atoms with E-state index in [1.807, 2.05) is 60.0 Å². The number of hydrogen-bond acceptors (Lipinski definition) is 3. The maximum Gasteiger partial charge on any atom is 0.247 e. The van der Waals surface area contributed by atoms with Gasteiger partial charge in [-0.25, -0.2) is 0 Å². The van der Waals surface area contributed by atoms with E-state index in [2.05, 4.69) is 0 Å². The quantitative estimate of drug-likeness (QED) is 0.597. The molecule has 3 nitrogen and oxygen atoms in total. The van der Waals surface area contributed by atoms with Crippen LogP contribution in [-0.2, 0) is 11.3 Å². The van der Waals surface area contributed by atoms with Gasteiger partial charge in [-0.3, -0.25) is 4.79 Å². The van der Waals surface area contributed by atoms with Gasteiger partial charge in [0.2, 0.25) is 5.91 Å². The molecule has 0 radical (unpaired) electrons. The lowest BCUT2D eigenvalue weighted by molar-refractivity contribution is -0.125. The zero-order valence-electron chi connectivity index (χ0n) is 12.7. The molecule has 4 heteroatoms. The third-order valence-corrected chi connectivity index (χ3v) is 3.90. The van der Waals surface area contributed by atoms with E-state index in [-0.39, 0.29) is 5.91 Å². The Kier molecular flexibility index (Phi) is 6.10.